The van der Waals surface area contributed by atoms with Crippen LogP contribution in [0.4, 0.5) is 5.69 Å². The average Bonchev–Trinajstić information content (AvgIpc) is 2.81. The molecule has 6 heteroatoms. The van der Waals surface area contributed by atoms with E-state index in [1.54, 1.807) is 6.07 Å². The number of carbonyl (C=O) groups excluding carboxylic acids is 1. The number of likely N-dealkylation sites (tertiary alicyclic amines) is 1. The first kappa shape index (κ1) is 18.2. The molecule has 0 saturated carbocycles. The van der Waals surface area contributed by atoms with Crippen LogP contribution in [0, 0.1) is 12.8 Å². The van der Waals surface area contributed by atoms with Crippen LogP contribution in [0.5, 0.6) is 0 Å². The molecular weight excluding hydrogens is 309 g/mol. The van der Waals surface area contributed by atoms with E-state index in [0.717, 1.165) is 37.3 Å². The Hall–Kier alpha value is -0.810. The van der Waals surface area contributed by atoms with Gasteiger partial charge in [-0.15, -0.1) is 12.4 Å². The van der Waals surface area contributed by atoms with Crippen LogP contribution in [0.15, 0.2) is 18.2 Å². The molecule has 1 heterocycles. The molecule has 1 aromatic carbocycles. The van der Waals surface area contributed by atoms with Gasteiger partial charge in [-0.1, -0.05) is 17.7 Å². The standard InChI is InChI=1S/C15H22ClN3O.ClH/c1-11-3-4-13(16)7-14(11)18-15(20)10-19-6-5-12(9-19)8-17-2;/h3-4,7,12,17H,5-6,8-10H2,1-2H3,(H,18,20);1H. The Morgan fingerprint density at radius 2 is 2.24 bits per heavy atom. The molecule has 2 N–H and O–H groups in total. The highest BCUT2D eigenvalue weighted by molar-refractivity contribution is 6.31. The SMILES string of the molecule is CNCC1CCN(CC(=O)Nc2cc(Cl)ccc2C)C1.Cl. The molecule has 2 rings (SSSR count). The largest absolute Gasteiger partial charge is 0.325 e. The third-order valence-electron chi connectivity index (χ3n) is 3.70. The van der Waals surface area contributed by atoms with Crippen molar-refractivity contribution in [3.63, 3.8) is 0 Å². The van der Waals surface area contributed by atoms with Crippen LogP contribution < -0.4 is 10.6 Å². The minimum atomic E-state index is 0. The maximum absolute atomic E-state index is 12.1. The van der Waals surface area contributed by atoms with Gasteiger partial charge in [0, 0.05) is 17.3 Å². The predicted octanol–water partition coefficient (Wildman–Crippen LogP) is 2.55. The Balaban J connectivity index is 0.00000220. The van der Waals surface area contributed by atoms with Crippen LogP contribution in [0.25, 0.3) is 0 Å². The monoisotopic (exact) mass is 331 g/mol. The minimum Gasteiger partial charge on any atom is -0.325 e. The van der Waals surface area contributed by atoms with E-state index >= 15 is 0 Å². The molecular formula is C15H23Cl2N3O. The van der Waals surface area contributed by atoms with Crippen LogP contribution in [0.1, 0.15) is 12.0 Å². The highest BCUT2D eigenvalue weighted by Crippen LogP contribution is 2.20. The van der Waals surface area contributed by atoms with Gasteiger partial charge in [-0.3, -0.25) is 9.69 Å². The molecule has 1 atom stereocenters. The van der Waals surface area contributed by atoms with Crippen molar-refractivity contribution in [3.05, 3.63) is 28.8 Å². The molecule has 1 aliphatic heterocycles. The molecule has 0 aromatic heterocycles. The summed E-state index contributed by atoms with van der Waals surface area (Å²) in [5, 5.41) is 6.78. The smallest absolute Gasteiger partial charge is 0.238 e. The van der Waals surface area contributed by atoms with Gasteiger partial charge < -0.3 is 10.6 Å². The van der Waals surface area contributed by atoms with Crippen LogP contribution in [-0.4, -0.2) is 44.0 Å². The Labute approximate surface area is 137 Å². The number of hydrogen-bond acceptors (Lipinski definition) is 3. The van der Waals surface area contributed by atoms with Crippen LogP contribution >= 0.6 is 24.0 Å². The molecule has 0 radical (unpaired) electrons. The summed E-state index contributed by atoms with van der Waals surface area (Å²) < 4.78 is 0. The van der Waals surface area contributed by atoms with Gasteiger partial charge in [-0.2, -0.15) is 0 Å². The zero-order valence-electron chi connectivity index (χ0n) is 12.5. The molecule has 4 nitrogen and oxygen atoms in total. The maximum Gasteiger partial charge on any atom is 0.238 e. The highest BCUT2D eigenvalue weighted by atomic mass is 35.5. The molecule has 0 bridgehead atoms. The lowest BCUT2D eigenvalue weighted by molar-refractivity contribution is -0.117. The number of anilines is 1. The molecule has 1 amide bonds. The molecule has 1 aromatic rings. The summed E-state index contributed by atoms with van der Waals surface area (Å²) in [5.74, 6) is 0.682. The van der Waals surface area contributed by atoms with Crippen molar-refractivity contribution in [2.75, 3.05) is 38.5 Å². The van der Waals surface area contributed by atoms with E-state index in [9.17, 15) is 4.79 Å². The summed E-state index contributed by atoms with van der Waals surface area (Å²) >= 11 is 5.96. The first-order valence-electron chi connectivity index (χ1n) is 7.01. The fraction of sp³-hybridized carbons (Fsp3) is 0.533. The zero-order valence-corrected chi connectivity index (χ0v) is 14.1. The van der Waals surface area contributed by atoms with Gasteiger partial charge >= 0.3 is 0 Å². The molecule has 1 saturated heterocycles. The molecule has 21 heavy (non-hydrogen) atoms. The number of aryl methyl sites for hydroxylation is 1. The number of halogens is 2. The second-order valence-corrected chi connectivity index (χ2v) is 5.89. The first-order chi connectivity index (χ1) is 9.58. The molecule has 118 valence electrons. The number of benzene rings is 1. The van der Waals surface area contributed by atoms with Crippen LogP contribution in [-0.2, 0) is 4.79 Å². The van der Waals surface area contributed by atoms with E-state index in [2.05, 4.69) is 15.5 Å². The van der Waals surface area contributed by atoms with Crippen LogP contribution in [0.3, 0.4) is 0 Å². The minimum absolute atomic E-state index is 0. The van der Waals surface area contributed by atoms with Gasteiger partial charge in [0.15, 0.2) is 0 Å². The van der Waals surface area contributed by atoms with Crippen molar-refractivity contribution >= 4 is 35.6 Å². The van der Waals surface area contributed by atoms with Gasteiger partial charge in [0.2, 0.25) is 5.91 Å². The Morgan fingerprint density at radius 1 is 1.48 bits per heavy atom. The third-order valence-corrected chi connectivity index (χ3v) is 3.94. The van der Waals surface area contributed by atoms with Crippen molar-refractivity contribution in [1.82, 2.24) is 10.2 Å². The van der Waals surface area contributed by atoms with Crippen molar-refractivity contribution in [3.8, 4) is 0 Å². The average molecular weight is 332 g/mol. The normalized spacial score (nSPS) is 18.3. The van der Waals surface area contributed by atoms with Crippen LogP contribution in [0.2, 0.25) is 5.02 Å². The summed E-state index contributed by atoms with van der Waals surface area (Å²) in [4.78, 5) is 14.3. The Morgan fingerprint density at radius 3 is 2.95 bits per heavy atom. The van der Waals surface area contributed by atoms with Gasteiger partial charge in [-0.25, -0.2) is 0 Å². The molecule has 1 aliphatic rings. The lowest BCUT2D eigenvalue weighted by atomic mass is 10.1. The first-order valence-corrected chi connectivity index (χ1v) is 7.39. The number of carbonyl (C=O) groups is 1. The topological polar surface area (TPSA) is 44.4 Å². The number of rotatable bonds is 5. The summed E-state index contributed by atoms with van der Waals surface area (Å²) in [7, 11) is 1.97. The maximum atomic E-state index is 12.1. The van der Waals surface area contributed by atoms with E-state index in [1.807, 2.05) is 26.1 Å². The molecule has 0 aliphatic carbocycles. The second kappa shape index (κ2) is 8.59. The predicted molar refractivity (Wildman–Crippen MR) is 90.5 cm³/mol. The van der Waals surface area contributed by atoms with E-state index in [-0.39, 0.29) is 18.3 Å². The Kier molecular flexibility index (Phi) is 7.46. The summed E-state index contributed by atoms with van der Waals surface area (Å²) in [6.45, 7) is 5.42. The zero-order chi connectivity index (χ0) is 14.5. The third kappa shape index (κ3) is 5.47. The van der Waals surface area contributed by atoms with Crippen molar-refractivity contribution < 1.29 is 4.79 Å². The number of nitrogens with zero attached hydrogens (tertiary/aromatic N) is 1. The number of hydrogen-bond donors (Lipinski definition) is 2. The fourth-order valence-corrected chi connectivity index (χ4v) is 2.81. The van der Waals surface area contributed by atoms with E-state index in [0.29, 0.717) is 17.5 Å². The van der Waals surface area contributed by atoms with Gasteiger partial charge in [0.1, 0.15) is 0 Å². The van der Waals surface area contributed by atoms with Crippen molar-refractivity contribution in [1.29, 1.82) is 0 Å². The molecule has 1 unspecified atom stereocenters. The molecule has 0 spiro atoms. The van der Waals surface area contributed by atoms with Gasteiger partial charge in [0.05, 0.1) is 6.54 Å². The van der Waals surface area contributed by atoms with E-state index in [1.165, 1.54) is 0 Å². The lowest BCUT2D eigenvalue weighted by Crippen LogP contribution is -2.32. The number of amides is 1. The number of nitrogens with one attached hydrogen (secondary N) is 2. The van der Waals surface area contributed by atoms with E-state index < -0.39 is 0 Å². The molecule has 1 fully saturated rings. The van der Waals surface area contributed by atoms with Gasteiger partial charge in [0.25, 0.3) is 0 Å². The van der Waals surface area contributed by atoms with Crippen molar-refractivity contribution in [2.45, 2.75) is 13.3 Å². The Bertz CT molecular complexity index is 482. The quantitative estimate of drug-likeness (QED) is 0.871. The van der Waals surface area contributed by atoms with Crippen molar-refractivity contribution in [2.24, 2.45) is 5.92 Å². The highest BCUT2D eigenvalue weighted by Gasteiger charge is 2.23. The summed E-state index contributed by atoms with van der Waals surface area (Å²) in [5.41, 5.74) is 1.82. The van der Waals surface area contributed by atoms with Gasteiger partial charge in [-0.05, 0) is 57.1 Å². The lowest BCUT2D eigenvalue weighted by Gasteiger charge is -2.16. The summed E-state index contributed by atoms with van der Waals surface area (Å²) in [6.07, 6.45) is 1.16. The van der Waals surface area contributed by atoms with E-state index in [4.69, 9.17) is 11.6 Å². The fourth-order valence-electron chi connectivity index (χ4n) is 2.63. The summed E-state index contributed by atoms with van der Waals surface area (Å²) in [6, 6.07) is 5.54. The second-order valence-electron chi connectivity index (χ2n) is 5.45.